The van der Waals surface area contributed by atoms with Gasteiger partial charge in [0.15, 0.2) is 11.5 Å². The molecule has 0 aromatic heterocycles. The summed E-state index contributed by atoms with van der Waals surface area (Å²) < 4.78 is 11.2. The van der Waals surface area contributed by atoms with Gasteiger partial charge >= 0.3 is 0 Å². The van der Waals surface area contributed by atoms with Crippen molar-refractivity contribution in [2.24, 2.45) is 0 Å². The van der Waals surface area contributed by atoms with Gasteiger partial charge in [-0.05, 0) is 36.6 Å². The Morgan fingerprint density at radius 3 is 2.55 bits per heavy atom. The van der Waals surface area contributed by atoms with Crippen molar-refractivity contribution in [1.29, 1.82) is 0 Å². The zero-order valence-electron chi connectivity index (χ0n) is 12.9. The Morgan fingerprint density at radius 1 is 1.09 bits per heavy atom. The third-order valence-corrected chi connectivity index (χ3v) is 3.36. The molecule has 1 unspecified atom stereocenters. The molecule has 0 radical (unpaired) electrons. The molecule has 0 aliphatic carbocycles. The van der Waals surface area contributed by atoms with Gasteiger partial charge in [0.1, 0.15) is 6.61 Å². The number of nitrogens with one attached hydrogen (secondary N) is 1. The Kier molecular flexibility index (Phi) is 5.83. The summed E-state index contributed by atoms with van der Waals surface area (Å²) >= 11 is 0. The van der Waals surface area contributed by atoms with Gasteiger partial charge in [0.05, 0.1) is 7.11 Å². The summed E-state index contributed by atoms with van der Waals surface area (Å²) in [6.45, 7) is 2.46. The number of ether oxygens (including phenoxy) is 2. The summed E-state index contributed by atoms with van der Waals surface area (Å²) in [4.78, 5) is 10.4. The summed E-state index contributed by atoms with van der Waals surface area (Å²) in [6.07, 6.45) is 1.47. The van der Waals surface area contributed by atoms with Crippen LogP contribution in [-0.4, -0.2) is 19.6 Å². The highest BCUT2D eigenvalue weighted by Gasteiger charge is 2.08. The highest BCUT2D eigenvalue weighted by atomic mass is 16.5. The predicted octanol–water partition coefficient (Wildman–Crippen LogP) is 2.95. The van der Waals surface area contributed by atoms with E-state index in [2.05, 4.69) is 5.32 Å². The van der Waals surface area contributed by atoms with E-state index in [1.54, 1.807) is 7.11 Å². The van der Waals surface area contributed by atoms with Crippen molar-refractivity contribution in [2.45, 2.75) is 26.0 Å². The van der Waals surface area contributed by atoms with E-state index in [-0.39, 0.29) is 6.04 Å². The minimum absolute atomic E-state index is 0.0818. The molecule has 0 bridgehead atoms. The Labute approximate surface area is 131 Å². The van der Waals surface area contributed by atoms with Gasteiger partial charge in [-0.25, -0.2) is 0 Å². The van der Waals surface area contributed by atoms with Gasteiger partial charge in [-0.2, -0.15) is 0 Å². The van der Waals surface area contributed by atoms with Crippen LogP contribution in [-0.2, 0) is 17.8 Å². The number of rotatable bonds is 8. The lowest BCUT2D eigenvalue weighted by Crippen LogP contribution is -2.26. The van der Waals surface area contributed by atoms with E-state index in [4.69, 9.17) is 9.47 Å². The van der Waals surface area contributed by atoms with Crippen LogP contribution in [0.4, 0.5) is 0 Å². The van der Waals surface area contributed by atoms with Crippen LogP contribution in [0, 0.1) is 0 Å². The van der Waals surface area contributed by atoms with E-state index in [1.807, 2.05) is 55.5 Å². The molecule has 0 aliphatic heterocycles. The zero-order chi connectivity index (χ0) is 15.8. The summed E-state index contributed by atoms with van der Waals surface area (Å²) in [5.74, 6) is 1.41. The number of methoxy groups -OCH3 is 1. The largest absolute Gasteiger partial charge is 0.493 e. The van der Waals surface area contributed by atoms with Gasteiger partial charge in [-0.1, -0.05) is 36.4 Å². The fourth-order valence-electron chi connectivity index (χ4n) is 2.22. The molecule has 1 amide bonds. The average molecular weight is 299 g/mol. The molecule has 0 saturated carbocycles. The normalized spacial score (nSPS) is 11.5. The van der Waals surface area contributed by atoms with Gasteiger partial charge in [0.2, 0.25) is 6.41 Å². The maximum atomic E-state index is 10.4. The lowest BCUT2D eigenvalue weighted by Gasteiger charge is -2.14. The molecule has 0 aliphatic rings. The van der Waals surface area contributed by atoms with Crippen LogP contribution >= 0.6 is 0 Å². The molecule has 4 heteroatoms. The molecule has 0 spiro atoms. The second-order valence-corrected chi connectivity index (χ2v) is 5.15. The maximum absolute atomic E-state index is 10.4. The van der Waals surface area contributed by atoms with Gasteiger partial charge < -0.3 is 14.8 Å². The van der Waals surface area contributed by atoms with Crippen molar-refractivity contribution in [3.05, 3.63) is 59.7 Å². The first-order valence-electron chi connectivity index (χ1n) is 7.26. The summed E-state index contributed by atoms with van der Waals surface area (Å²) in [6, 6.07) is 15.9. The van der Waals surface area contributed by atoms with Crippen molar-refractivity contribution in [2.75, 3.05) is 7.11 Å². The summed E-state index contributed by atoms with van der Waals surface area (Å²) in [5.41, 5.74) is 2.20. The number of carbonyl (C=O) groups is 1. The van der Waals surface area contributed by atoms with E-state index < -0.39 is 0 Å². The molecule has 1 N–H and O–H groups in total. The van der Waals surface area contributed by atoms with Crippen LogP contribution in [0.15, 0.2) is 48.5 Å². The second kappa shape index (κ2) is 8.08. The lowest BCUT2D eigenvalue weighted by molar-refractivity contribution is -0.110. The van der Waals surface area contributed by atoms with E-state index in [9.17, 15) is 4.79 Å². The highest BCUT2D eigenvalue weighted by Crippen LogP contribution is 2.29. The van der Waals surface area contributed by atoms with Crippen LogP contribution in [0.2, 0.25) is 0 Å². The third-order valence-electron chi connectivity index (χ3n) is 3.36. The smallest absolute Gasteiger partial charge is 0.207 e. The number of hydrogen-bond donors (Lipinski definition) is 1. The Balaban J connectivity index is 2.04. The summed E-state index contributed by atoms with van der Waals surface area (Å²) in [7, 11) is 1.63. The zero-order valence-corrected chi connectivity index (χ0v) is 12.9. The Bertz CT molecular complexity index is 599. The number of amides is 1. The second-order valence-electron chi connectivity index (χ2n) is 5.15. The number of benzene rings is 2. The molecular formula is C18H21NO3. The molecule has 0 heterocycles. The van der Waals surface area contributed by atoms with E-state index in [0.29, 0.717) is 18.1 Å². The first-order chi connectivity index (χ1) is 10.7. The molecule has 0 fully saturated rings. The SMILES string of the molecule is COc1cc(CC(C)NC=O)ccc1OCc1ccccc1. The first kappa shape index (κ1) is 15.9. The van der Waals surface area contributed by atoms with E-state index in [0.717, 1.165) is 24.0 Å². The van der Waals surface area contributed by atoms with Gasteiger partial charge in [-0.3, -0.25) is 4.79 Å². The van der Waals surface area contributed by atoms with Crippen molar-refractivity contribution < 1.29 is 14.3 Å². The summed E-state index contributed by atoms with van der Waals surface area (Å²) in [5, 5.41) is 2.74. The van der Waals surface area contributed by atoms with E-state index >= 15 is 0 Å². The number of hydrogen-bond acceptors (Lipinski definition) is 3. The van der Waals surface area contributed by atoms with Crippen LogP contribution in [0.3, 0.4) is 0 Å². The molecule has 22 heavy (non-hydrogen) atoms. The van der Waals surface area contributed by atoms with Crippen LogP contribution in [0.1, 0.15) is 18.1 Å². The minimum atomic E-state index is 0.0818. The standard InChI is InChI=1S/C18H21NO3/c1-14(19-13-20)10-16-8-9-17(18(11-16)21-2)22-12-15-6-4-3-5-7-15/h3-9,11,13-14H,10,12H2,1-2H3,(H,19,20). The van der Waals surface area contributed by atoms with E-state index in [1.165, 1.54) is 0 Å². The molecule has 0 saturated heterocycles. The van der Waals surface area contributed by atoms with Gasteiger partial charge in [0, 0.05) is 6.04 Å². The van der Waals surface area contributed by atoms with Gasteiger partial charge in [-0.15, -0.1) is 0 Å². The molecule has 2 aromatic carbocycles. The van der Waals surface area contributed by atoms with Crippen LogP contribution < -0.4 is 14.8 Å². The molecule has 116 valence electrons. The van der Waals surface area contributed by atoms with Crippen molar-refractivity contribution in [3.63, 3.8) is 0 Å². The number of carbonyl (C=O) groups excluding carboxylic acids is 1. The van der Waals surface area contributed by atoms with Crippen LogP contribution in [0.25, 0.3) is 0 Å². The lowest BCUT2D eigenvalue weighted by atomic mass is 10.1. The van der Waals surface area contributed by atoms with Gasteiger partial charge in [0.25, 0.3) is 0 Å². The Morgan fingerprint density at radius 2 is 1.86 bits per heavy atom. The maximum Gasteiger partial charge on any atom is 0.207 e. The predicted molar refractivity (Wildman–Crippen MR) is 86.1 cm³/mol. The molecule has 4 nitrogen and oxygen atoms in total. The highest BCUT2D eigenvalue weighted by molar-refractivity contribution is 5.47. The minimum Gasteiger partial charge on any atom is -0.493 e. The fraction of sp³-hybridized carbons (Fsp3) is 0.278. The Hall–Kier alpha value is -2.49. The average Bonchev–Trinajstić information content (AvgIpc) is 2.54. The fourth-order valence-corrected chi connectivity index (χ4v) is 2.22. The molecule has 1 atom stereocenters. The quantitative estimate of drug-likeness (QED) is 0.762. The van der Waals surface area contributed by atoms with Crippen LogP contribution in [0.5, 0.6) is 11.5 Å². The molecule has 2 aromatic rings. The molecule has 2 rings (SSSR count). The first-order valence-corrected chi connectivity index (χ1v) is 7.26. The topological polar surface area (TPSA) is 47.6 Å². The third kappa shape index (κ3) is 4.52. The van der Waals surface area contributed by atoms with Crippen molar-refractivity contribution in [1.82, 2.24) is 5.32 Å². The monoisotopic (exact) mass is 299 g/mol. The van der Waals surface area contributed by atoms with Crippen molar-refractivity contribution in [3.8, 4) is 11.5 Å². The van der Waals surface area contributed by atoms with Crippen molar-refractivity contribution >= 4 is 6.41 Å². The molecular weight excluding hydrogens is 278 g/mol.